The van der Waals surface area contributed by atoms with E-state index in [0.29, 0.717) is 11.1 Å². The number of benzene rings is 2. The standard InChI is InChI=1S/C21H23ClFNO4/c1-12(24-20(26)28-21(2,3)4)14-10-9-13(11-17(14)23)15-7-6-8-16(22)18(15)19(25)27-5/h6-12H,1-5H3,(H,24,26). The lowest BCUT2D eigenvalue weighted by Crippen LogP contribution is -2.34. The minimum Gasteiger partial charge on any atom is -0.465 e. The maximum Gasteiger partial charge on any atom is 0.408 e. The van der Waals surface area contributed by atoms with Crippen LogP contribution in [0.15, 0.2) is 36.4 Å². The summed E-state index contributed by atoms with van der Waals surface area (Å²) in [6.07, 6.45) is -0.633. The Morgan fingerprint density at radius 2 is 1.86 bits per heavy atom. The van der Waals surface area contributed by atoms with Crippen LogP contribution in [-0.2, 0) is 9.47 Å². The fraction of sp³-hybridized carbons (Fsp3) is 0.333. The van der Waals surface area contributed by atoms with Crippen LogP contribution >= 0.6 is 11.6 Å². The van der Waals surface area contributed by atoms with Crippen molar-refractivity contribution in [2.75, 3.05) is 7.11 Å². The number of ether oxygens (including phenoxy) is 2. The van der Waals surface area contributed by atoms with Gasteiger partial charge in [-0.3, -0.25) is 0 Å². The smallest absolute Gasteiger partial charge is 0.408 e. The third-order valence-electron chi connectivity index (χ3n) is 3.91. The van der Waals surface area contributed by atoms with E-state index in [2.05, 4.69) is 5.32 Å². The molecule has 2 rings (SSSR count). The maximum absolute atomic E-state index is 14.7. The lowest BCUT2D eigenvalue weighted by atomic mass is 9.97. The molecule has 0 bridgehead atoms. The second kappa shape index (κ2) is 8.61. The van der Waals surface area contributed by atoms with E-state index in [1.54, 1.807) is 58.0 Å². The molecule has 0 aliphatic rings. The van der Waals surface area contributed by atoms with Gasteiger partial charge in [0.05, 0.1) is 23.7 Å². The summed E-state index contributed by atoms with van der Waals surface area (Å²) in [5, 5.41) is 2.82. The van der Waals surface area contributed by atoms with Crippen LogP contribution in [0.1, 0.15) is 49.7 Å². The van der Waals surface area contributed by atoms with Crippen LogP contribution in [0, 0.1) is 5.82 Å². The quantitative estimate of drug-likeness (QED) is 0.678. The first-order valence-corrected chi connectivity index (χ1v) is 9.07. The highest BCUT2D eigenvalue weighted by molar-refractivity contribution is 6.34. The molecule has 1 amide bonds. The zero-order chi connectivity index (χ0) is 21.1. The van der Waals surface area contributed by atoms with E-state index in [1.807, 2.05) is 0 Å². The fourth-order valence-electron chi connectivity index (χ4n) is 2.68. The number of nitrogens with one attached hydrogen (secondary N) is 1. The third-order valence-corrected chi connectivity index (χ3v) is 4.23. The Morgan fingerprint density at radius 1 is 1.18 bits per heavy atom. The summed E-state index contributed by atoms with van der Waals surface area (Å²) in [6, 6.07) is 8.79. The first kappa shape index (κ1) is 21.7. The first-order valence-electron chi connectivity index (χ1n) is 8.69. The number of alkyl carbamates (subject to hydrolysis) is 1. The van der Waals surface area contributed by atoms with Crippen molar-refractivity contribution in [3.63, 3.8) is 0 Å². The van der Waals surface area contributed by atoms with E-state index in [4.69, 9.17) is 21.1 Å². The molecule has 0 radical (unpaired) electrons. The number of rotatable bonds is 4. The molecule has 1 atom stereocenters. The topological polar surface area (TPSA) is 64.6 Å². The molecule has 0 aliphatic heterocycles. The predicted octanol–water partition coefficient (Wildman–Crippen LogP) is 5.52. The highest BCUT2D eigenvalue weighted by Crippen LogP contribution is 2.31. The van der Waals surface area contributed by atoms with E-state index in [-0.39, 0.29) is 16.1 Å². The zero-order valence-corrected chi connectivity index (χ0v) is 17.2. The molecule has 2 aromatic carbocycles. The van der Waals surface area contributed by atoms with Crippen LogP contribution in [0.5, 0.6) is 0 Å². The monoisotopic (exact) mass is 407 g/mol. The van der Waals surface area contributed by atoms with E-state index < -0.39 is 29.5 Å². The van der Waals surface area contributed by atoms with Gasteiger partial charge in [0.15, 0.2) is 0 Å². The number of methoxy groups -OCH3 is 1. The number of amides is 1. The van der Waals surface area contributed by atoms with Crippen molar-refractivity contribution < 1.29 is 23.5 Å². The van der Waals surface area contributed by atoms with Gasteiger partial charge in [0.1, 0.15) is 11.4 Å². The molecule has 0 saturated heterocycles. The van der Waals surface area contributed by atoms with E-state index in [0.717, 1.165) is 0 Å². The highest BCUT2D eigenvalue weighted by Gasteiger charge is 2.21. The minimum atomic E-state index is -0.650. The lowest BCUT2D eigenvalue weighted by molar-refractivity contribution is 0.0506. The van der Waals surface area contributed by atoms with Gasteiger partial charge in [-0.05, 0) is 51.0 Å². The van der Waals surface area contributed by atoms with E-state index in [9.17, 15) is 14.0 Å². The second-order valence-electron chi connectivity index (χ2n) is 7.26. The Labute approximate surface area is 168 Å². The molecule has 0 saturated carbocycles. The SMILES string of the molecule is COC(=O)c1c(Cl)cccc1-c1ccc(C(C)NC(=O)OC(C)(C)C)c(F)c1. The minimum absolute atomic E-state index is 0.166. The largest absolute Gasteiger partial charge is 0.465 e. The molecule has 1 unspecified atom stereocenters. The molecule has 0 heterocycles. The Hall–Kier alpha value is -2.60. The summed E-state index contributed by atoms with van der Waals surface area (Å²) in [5.74, 6) is -1.14. The summed E-state index contributed by atoms with van der Waals surface area (Å²) in [4.78, 5) is 24.0. The van der Waals surface area contributed by atoms with Gasteiger partial charge in [-0.2, -0.15) is 0 Å². The van der Waals surface area contributed by atoms with Crippen molar-refractivity contribution in [2.24, 2.45) is 0 Å². The van der Waals surface area contributed by atoms with Gasteiger partial charge in [-0.15, -0.1) is 0 Å². The molecular formula is C21H23ClFNO4. The van der Waals surface area contributed by atoms with Crippen LogP contribution in [0.4, 0.5) is 9.18 Å². The van der Waals surface area contributed by atoms with Gasteiger partial charge >= 0.3 is 12.1 Å². The molecule has 2 aromatic rings. The number of esters is 1. The van der Waals surface area contributed by atoms with Crippen molar-refractivity contribution in [1.29, 1.82) is 0 Å². The molecular weight excluding hydrogens is 385 g/mol. The summed E-state index contributed by atoms with van der Waals surface area (Å²) in [7, 11) is 1.25. The lowest BCUT2D eigenvalue weighted by Gasteiger charge is -2.22. The molecule has 5 nitrogen and oxygen atoms in total. The number of halogens is 2. The molecule has 0 aliphatic carbocycles. The molecule has 150 valence electrons. The van der Waals surface area contributed by atoms with Crippen molar-refractivity contribution >= 4 is 23.7 Å². The number of hydrogen-bond acceptors (Lipinski definition) is 4. The van der Waals surface area contributed by atoms with Crippen molar-refractivity contribution in [3.05, 3.63) is 58.4 Å². The van der Waals surface area contributed by atoms with Crippen LogP contribution in [-0.4, -0.2) is 24.8 Å². The van der Waals surface area contributed by atoms with Gasteiger partial charge in [-0.1, -0.05) is 35.9 Å². The molecule has 0 fully saturated rings. The van der Waals surface area contributed by atoms with Crippen LogP contribution in [0.2, 0.25) is 5.02 Å². The van der Waals surface area contributed by atoms with Gasteiger partial charge in [0.25, 0.3) is 0 Å². The zero-order valence-electron chi connectivity index (χ0n) is 16.4. The van der Waals surface area contributed by atoms with Crippen LogP contribution < -0.4 is 5.32 Å². The summed E-state index contributed by atoms with van der Waals surface area (Å²) in [5.41, 5.74) is 0.726. The van der Waals surface area contributed by atoms with Gasteiger partial charge in [0.2, 0.25) is 0 Å². The van der Waals surface area contributed by atoms with Crippen LogP contribution in [0.3, 0.4) is 0 Å². The van der Waals surface area contributed by atoms with E-state index in [1.165, 1.54) is 13.2 Å². The van der Waals surface area contributed by atoms with Gasteiger partial charge in [0, 0.05) is 5.56 Å². The second-order valence-corrected chi connectivity index (χ2v) is 7.67. The maximum atomic E-state index is 14.7. The Morgan fingerprint density at radius 3 is 2.43 bits per heavy atom. The molecule has 1 N–H and O–H groups in total. The fourth-order valence-corrected chi connectivity index (χ4v) is 2.93. The van der Waals surface area contributed by atoms with Crippen LogP contribution in [0.25, 0.3) is 11.1 Å². The average molecular weight is 408 g/mol. The van der Waals surface area contributed by atoms with E-state index >= 15 is 0 Å². The molecule has 0 spiro atoms. The summed E-state index contributed by atoms with van der Waals surface area (Å²) in [6.45, 7) is 6.89. The van der Waals surface area contributed by atoms with Crippen molar-refractivity contribution in [2.45, 2.75) is 39.3 Å². The average Bonchev–Trinajstić information content (AvgIpc) is 2.58. The molecule has 7 heteroatoms. The van der Waals surface area contributed by atoms with Gasteiger partial charge < -0.3 is 14.8 Å². The van der Waals surface area contributed by atoms with Gasteiger partial charge in [-0.25, -0.2) is 14.0 Å². The highest BCUT2D eigenvalue weighted by atomic mass is 35.5. The van der Waals surface area contributed by atoms with Crippen molar-refractivity contribution in [3.8, 4) is 11.1 Å². The number of hydrogen-bond donors (Lipinski definition) is 1. The Bertz CT molecular complexity index is 892. The Kier molecular flexibility index (Phi) is 6.67. The predicted molar refractivity (Wildman–Crippen MR) is 106 cm³/mol. The number of carbonyl (C=O) groups excluding carboxylic acids is 2. The first-order chi connectivity index (χ1) is 13.0. The normalized spacial score (nSPS) is 12.2. The molecule has 28 heavy (non-hydrogen) atoms. The number of carbonyl (C=O) groups is 2. The summed E-state index contributed by atoms with van der Waals surface area (Å²) < 4.78 is 24.7. The third kappa shape index (κ3) is 5.23. The van der Waals surface area contributed by atoms with Crippen molar-refractivity contribution in [1.82, 2.24) is 5.32 Å². The Balaban J connectivity index is 2.32. The molecule has 0 aromatic heterocycles. The summed E-state index contributed by atoms with van der Waals surface area (Å²) >= 11 is 6.13.